The van der Waals surface area contributed by atoms with E-state index in [1.54, 1.807) is 36.5 Å². The van der Waals surface area contributed by atoms with Gasteiger partial charge in [-0.15, -0.1) is 0 Å². The number of anilines is 1. The van der Waals surface area contributed by atoms with Crippen molar-refractivity contribution >= 4 is 34.3 Å². The lowest BCUT2D eigenvalue weighted by atomic mass is 10.2. The minimum atomic E-state index is -0.588. The monoisotopic (exact) mass is 298 g/mol. The van der Waals surface area contributed by atoms with Gasteiger partial charge in [0, 0.05) is 22.3 Å². The molecule has 1 amide bonds. The van der Waals surface area contributed by atoms with Crippen LogP contribution in [0.5, 0.6) is 5.75 Å². The van der Waals surface area contributed by atoms with E-state index < -0.39 is 6.09 Å². The molecule has 0 spiro atoms. The lowest BCUT2D eigenvalue weighted by molar-refractivity contribution is 0.215. The van der Waals surface area contributed by atoms with Gasteiger partial charge in [-0.2, -0.15) is 0 Å². The van der Waals surface area contributed by atoms with Crippen LogP contribution in [0.2, 0.25) is 5.02 Å². The number of ether oxygens (including phenoxy) is 1. The lowest BCUT2D eigenvalue weighted by Gasteiger charge is -2.08. The van der Waals surface area contributed by atoms with Crippen molar-refractivity contribution in [3.63, 3.8) is 0 Å². The van der Waals surface area contributed by atoms with Gasteiger partial charge in [0.2, 0.25) is 0 Å². The van der Waals surface area contributed by atoms with Crippen molar-refractivity contribution in [1.29, 1.82) is 0 Å². The predicted octanol–water partition coefficient (Wildman–Crippen LogP) is 4.50. The summed E-state index contributed by atoms with van der Waals surface area (Å²) in [5.74, 6) is 0.410. The molecule has 0 bridgehead atoms. The summed E-state index contributed by atoms with van der Waals surface area (Å²) in [6, 6.07) is 16.0. The fourth-order valence-corrected chi connectivity index (χ4v) is 2.16. The zero-order valence-corrected chi connectivity index (χ0v) is 11.7. The second kappa shape index (κ2) is 5.81. The fourth-order valence-electron chi connectivity index (χ4n) is 1.97. The van der Waals surface area contributed by atoms with Crippen LogP contribution in [0.25, 0.3) is 10.9 Å². The minimum absolute atomic E-state index is 0.410. The highest BCUT2D eigenvalue weighted by atomic mass is 35.5. The third kappa shape index (κ3) is 3.12. The highest BCUT2D eigenvalue weighted by Crippen LogP contribution is 2.23. The van der Waals surface area contributed by atoms with Crippen LogP contribution < -0.4 is 10.1 Å². The van der Waals surface area contributed by atoms with Crippen molar-refractivity contribution in [3.8, 4) is 5.75 Å². The van der Waals surface area contributed by atoms with E-state index in [9.17, 15) is 4.79 Å². The molecule has 1 heterocycles. The Morgan fingerprint density at radius 2 is 1.90 bits per heavy atom. The summed E-state index contributed by atoms with van der Waals surface area (Å²) < 4.78 is 5.32. The van der Waals surface area contributed by atoms with E-state index in [0.29, 0.717) is 22.0 Å². The topological polar surface area (TPSA) is 51.2 Å². The van der Waals surface area contributed by atoms with Crippen molar-refractivity contribution in [2.75, 3.05) is 5.32 Å². The largest absolute Gasteiger partial charge is 0.417 e. The van der Waals surface area contributed by atoms with Gasteiger partial charge in [0.25, 0.3) is 0 Å². The molecular formula is C16H11ClN2O2. The molecule has 104 valence electrons. The molecule has 0 aliphatic heterocycles. The molecule has 1 aromatic heterocycles. The SMILES string of the molecule is O=C(Nc1cccc(Cl)c1)Oc1cccc2cccnc12. The van der Waals surface area contributed by atoms with E-state index in [4.69, 9.17) is 16.3 Å². The number of nitrogens with zero attached hydrogens (tertiary/aromatic N) is 1. The molecule has 5 heteroatoms. The molecule has 0 radical (unpaired) electrons. The van der Waals surface area contributed by atoms with Crippen LogP contribution in [-0.2, 0) is 0 Å². The summed E-state index contributed by atoms with van der Waals surface area (Å²) >= 11 is 5.86. The minimum Gasteiger partial charge on any atom is -0.408 e. The summed E-state index contributed by atoms with van der Waals surface area (Å²) in [7, 11) is 0. The summed E-state index contributed by atoms with van der Waals surface area (Å²) in [5, 5.41) is 4.07. The molecular weight excluding hydrogens is 288 g/mol. The van der Waals surface area contributed by atoms with Crippen molar-refractivity contribution < 1.29 is 9.53 Å². The maximum atomic E-state index is 11.9. The van der Waals surface area contributed by atoms with Crippen LogP contribution in [0.1, 0.15) is 0 Å². The van der Waals surface area contributed by atoms with Crippen molar-refractivity contribution in [1.82, 2.24) is 4.98 Å². The number of carbonyl (C=O) groups excluding carboxylic acids is 1. The summed E-state index contributed by atoms with van der Waals surface area (Å²) in [4.78, 5) is 16.2. The Morgan fingerprint density at radius 3 is 2.76 bits per heavy atom. The summed E-state index contributed by atoms with van der Waals surface area (Å²) in [5.41, 5.74) is 1.21. The average Bonchev–Trinajstić information content (AvgIpc) is 2.47. The van der Waals surface area contributed by atoms with E-state index in [2.05, 4.69) is 10.3 Å². The number of aromatic nitrogens is 1. The molecule has 0 atom stereocenters. The Labute approximate surface area is 126 Å². The molecule has 0 unspecified atom stereocenters. The maximum Gasteiger partial charge on any atom is 0.417 e. The van der Waals surface area contributed by atoms with Gasteiger partial charge in [0.05, 0.1) is 0 Å². The number of benzene rings is 2. The van der Waals surface area contributed by atoms with E-state index >= 15 is 0 Å². The molecule has 2 aromatic carbocycles. The highest BCUT2D eigenvalue weighted by molar-refractivity contribution is 6.30. The van der Waals surface area contributed by atoms with Crippen molar-refractivity contribution in [3.05, 3.63) is 65.8 Å². The van der Waals surface area contributed by atoms with E-state index in [-0.39, 0.29) is 0 Å². The van der Waals surface area contributed by atoms with E-state index in [0.717, 1.165) is 5.39 Å². The van der Waals surface area contributed by atoms with Crippen LogP contribution in [0.4, 0.5) is 10.5 Å². The van der Waals surface area contributed by atoms with Gasteiger partial charge in [-0.3, -0.25) is 10.3 Å². The van der Waals surface area contributed by atoms with Gasteiger partial charge in [-0.1, -0.05) is 35.9 Å². The van der Waals surface area contributed by atoms with Crippen LogP contribution in [0, 0.1) is 0 Å². The number of hydrogen-bond donors (Lipinski definition) is 1. The number of amides is 1. The highest BCUT2D eigenvalue weighted by Gasteiger charge is 2.09. The Kier molecular flexibility index (Phi) is 3.71. The van der Waals surface area contributed by atoms with Crippen LogP contribution in [0.3, 0.4) is 0 Å². The third-order valence-electron chi connectivity index (χ3n) is 2.87. The molecule has 0 aliphatic rings. The predicted molar refractivity (Wildman–Crippen MR) is 82.8 cm³/mol. The molecule has 1 N–H and O–H groups in total. The van der Waals surface area contributed by atoms with E-state index in [1.165, 1.54) is 0 Å². The molecule has 3 aromatic rings. The molecule has 0 saturated heterocycles. The van der Waals surface area contributed by atoms with Gasteiger partial charge >= 0.3 is 6.09 Å². The molecule has 0 aliphatic carbocycles. The second-order valence-corrected chi connectivity index (χ2v) is 4.79. The standard InChI is InChI=1S/C16H11ClN2O2/c17-12-6-2-7-13(10-12)19-16(20)21-14-8-1-4-11-5-3-9-18-15(11)14/h1-10H,(H,19,20). The zero-order chi connectivity index (χ0) is 14.7. The molecule has 0 fully saturated rings. The molecule has 0 saturated carbocycles. The first-order valence-electron chi connectivity index (χ1n) is 6.30. The number of halogens is 1. The van der Waals surface area contributed by atoms with E-state index in [1.807, 2.05) is 24.3 Å². The summed E-state index contributed by atoms with van der Waals surface area (Å²) in [6.07, 6.45) is 1.07. The number of nitrogens with one attached hydrogen (secondary N) is 1. The Bertz CT molecular complexity index is 800. The number of pyridine rings is 1. The Morgan fingerprint density at radius 1 is 1.10 bits per heavy atom. The number of carbonyl (C=O) groups is 1. The number of hydrogen-bond acceptors (Lipinski definition) is 3. The fraction of sp³-hybridized carbons (Fsp3) is 0. The maximum absolute atomic E-state index is 11.9. The number of para-hydroxylation sites is 1. The lowest BCUT2D eigenvalue weighted by Crippen LogP contribution is -2.16. The van der Waals surface area contributed by atoms with Crippen molar-refractivity contribution in [2.24, 2.45) is 0 Å². The first-order chi connectivity index (χ1) is 10.2. The number of rotatable bonds is 2. The van der Waals surface area contributed by atoms with Gasteiger partial charge in [0.1, 0.15) is 5.52 Å². The first-order valence-corrected chi connectivity index (χ1v) is 6.68. The van der Waals surface area contributed by atoms with Crippen LogP contribution >= 0.6 is 11.6 Å². The molecule has 3 rings (SSSR count). The summed E-state index contributed by atoms with van der Waals surface area (Å²) in [6.45, 7) is 0. The van der Waals surface area contributed by atoms with Gasteiger partial charge in [0.15, 0.2) is 5.75 Å². The van der Waals surface area contributed by atoms with Gasteiger partial charge in [-0.25, -0.2) is 4.79 Å². The quantitative estimate of drug-likeness (QED) is 0.758. The normalized spacial score (nSPS) is 10.3. The zero-order valence-electron chi connectivity index (χ0n) is 10.9. The third-order valence-corrected chi connectivity index (χ3v) is 3.10. The first kappa shape index (κ1) is 13.4. The molecule has 4 nitrogen and oxygen atoms in total. The second-order valence-electron chi connectivity index (χ2n) is 4.36. The van der Waals surface area contributed by atoms with Gasteiger partial charge < -0.3 is 4.74 Å². The van der Waals surface area contributed by atoms with Crippen LogP contribution in [0.15, 0.2) is 60.8 Å². The Balaban J connectivity index is 1.80. The van der Waals surface area contributed by atoms with Crippen molar-refractivity contribution in [2.45, 2.75) is 0 Å². The Hall–Kier alpha value is -2.59. The van der Waals surface area contributed by atoms with Crippen LogP contribution in [-0.4, -0.2) is 11.1 Å². The molecule has 21 heavy (non-hydrogen) atoms. The number of fused-ring (bicyclic) bond motifs is 1. The average molecular weight is 299 g/mol. The smallest absolute Gasteiger partial charge is 0.408 e. The van der Waals surface area contributed by atoms with Gasteiger partial charge in [-0.05, 0) is 30.3 Å².